The lowest BCUT2D eigenvalue weighted by molar-refractivity contribution is 0.0946. The molecule has 0 atom stereocenters. The van der Waals surface area contributed by atoms with Gasteiger partial charge in [-0.15, -0.1) is 11.3 Å². The second kappa shape index (κ2) is 7.41. The summed E-state index contributed by atoms with van der Waals surface area (Å²) < 4.78 is 9.93. The summed E-state index contributed by atoms with van der Waals surface area (Å²) in [6.07, 6.45) is -0.343. The highest BCUT2D eigenvalue weighted by Crippen LogP contribution is 2.20. The fourth-order valence-corrected chi connectivity index (χ4v) is 3.08. The van der Waals surface area contributed by atoms with Crippen LogP contribution in [0.4, 0.5) is 10.5 Å². The molecule has 1 aromatic carbocycles. The van der Waals surface area contributed by atoms with E-state index in [1.165, 1.54) is 11.3 Å². The van der Waals surface area contributed by atoms with Crippen LogP contribution in [0.2, 0.25) is 0 Å². The number of anilines is 1. The minimum atomic E-state index is -0.343. The molecule has 0 saturated carbocycles. The minimum absolute atomic E-state index is 0.236. The molecule has 2 heterocycles. The van der Waals surface area contributed by atoms with Gasteiger partial charge >= 0.3 is 6.09 Å². The topological polar surface area (TPSA) is 80.8 Å². The summed E-state index contributed by atoms with van der Waals surface area (Å²) in [4.78, 5) is 29.5. The third-order valence-corrected chi connectivity index (χ3v) is 4.31. The number of benzene rings is 1. The molecule has 0 unspecified atom stereocenters. The number of nitrogens with one attached hydrogen (secondary N) is 1. The van der Waals surface area contributed by atoms with Crippen LogP contribution in [0.3, 0.4) is 0 Å². The number of carbonyl (C=O) groups excluding carboxylic acids is 2. The van der Waals surface area contributed by atoms with E-state index >= 15 is 0 Å². The third kappa shape index (κ3) is 3.72. The van der Waals surface area contributed by atoms with Crippen LogP contribution in [0, 0.1) is 0 Å². The van der Waals surface area contributed by atoms with E-state index in [-0.39, 0.29) is 12.0 Å². The van der Waals surface area contributed by atoms with E-state index in [2.05, 4.69) is 10.3 Å². The van der Waals surface area contributed by atoms with Gasteiger partial charge in [0.05, 0.1) is 13.2 Å². The molecule has 0 spiro atoms. The molecule has 0 radical (unpaired) electrons. The average molecular weight is 347 g/mol. The zero-order valence-corrected chi connectivity index (χ0v) is 14.0. The molecule has 1 aromatic heterocycles. The zero-order valence-electron chi connectivity index (χ0n) is 13.2. The maximum absolute atomic E-state index is 12.1. The van der Waals surface area contributed by atoms with Crippen molar-refractivity contribution in [3.8, 4) is 0 Å². The molecule has 3 rings (SSSR count). The number of nitrogens with zero attached hydrogens (tertiary/aromatic N) is 2. The van der Waals surface area contributed by atoms with Gasteiger partial charge in [-0.25, -0.2) is 9.78 Å². The molecule has 1 aliphatic heterocycles. The fourth-order valence-electron chi connectivity index (χ4n) is 2.34. The van der Waals surface area contributed by atoms with E-state index in [0.717, 1.165) is 16.3 Å². The number of cyclic esters (lactones) is 1. The van der Waals surface area contributed by atoms with E-state index in [1.54, 1.807) is 17.4 Å². The fraction of sp³-hybridized carbons (Fsp3) is 0.312. The maximum atomic E-state index is 12.1. The molecular formula is C16H17N3O4S. The maximum Gasteiger partial charge on any atom is 0.414 e. The predicted octanol–water partition coefficient (Wildman–Crippen LogP) is 2.18. The van der Waals surface area contributed by atoms with Crippen LogP contribution >= 0.6 is 11.3 Å². The Bertz CT molecular complexity index is 746. The highest BCUT2D eigenvalue weighted by molar-refractivity contribution is 7.09. The molecule has 1 fully saturated rings. The summed E-state index contributed by atoms with van der Waals surface area (Å²) in [5.41, 5.74) is 2.04. The third-order valence-electron chi connectivity index (χ3n) is 3.49. The number of ether oxygens (including phenoxy) is 2. The Labute approximate surface area is 143 Å². The first-order valence-corrected chi connectivity index (χ1v) is 8.30. The molecule has 0 bridgehead atoms. The van der Waals surface area contributed by atoms with E-state index in [0.29, 0.717) is 32.0 Å². The quantitative estimate of drug-likeness (QED) is 0.866. The van der Waals surface area contributed by atoms with Crippen LogP contribution in [0.25, 0.3) is 0 Å². The summed E-state index contributed by atoms with van der Waals surface area (Å²) in [5, 5.41) is 5.30. The summed E-state index contributed by atoms with van der Waals surface area (Å²) in [7, 11) is 1.59. The van der Waals surface area contributed by atoms with E-state index < -0.39 is 0 Å². The van der Waals surface area contributed by atoms with Gasteiger partial charge in [0, 0.05) is 24.7 Å². The summed E-state index contributed by atoms with van der Waals surface area (Å²) >= 11 is 1.39. The Hall–Kier alpha value is -2.45. The molecule has 0 aliphatic carbocycles. The predicted molar refractivity (Wildman–Crippen MR) is 89.1 cm³/mol. The van der Waals surface area contributed by atoms with Gasteiger partial charge in [-0.05, 0) is 17.7 Å². The molecule has 1 N–H and O–H groups in total. The van der Waals surface area contributed by atoms with Crippen molar-refractivity contribution in [2.45, 2.75) is 13.2 Å². The van der Waals surface area contributed by atoms with Crippen molar-refractivity contribution < 1.29 is 19.1 Å². The number of thiazole rings is 1. The van der Waals surface area contributed by atoms with Crippen LogP contribution in [0.15, 0.2) is 29.6 Å². The summed E-state index contributed by atoms with van der Waals surface area (Å²) in [6, 6.07) is 7.45. The van der Waals surface area contributed by atoms with E-state index in [4.69, 9.17) is 9.47 Å². The van der Waals surface area contributed by atoms with Crippen LogP contribution in [0.5, 0.6) is 0 Å². The average Bonchev–Trinajstić information content (AvgIpc) is 3.22. The molecule has 1 aliphatic rings. The smallest absolute Gasteiger partial charge is 0.414 e. The van der Waals surface area contributed by atoms with Gasteiger partial charge in [-0.3, -0.25) is 9.69 Å². The Morgan fingerprint density at radius 2 is 2.38 bits per heavy atom. The number of amides is 2. The standard InChI is InChI=1S/C16H17N3O4S/c1-22-9-14-18-13(10-24-14)15(20)17-8-11-3-2-4-12(7-11)19-5-6-23-16(19)21/h2-4,7,10H,5-6,8-9H2,1H3,(H,17,20). The number of hydrogen-bond acceptors (Lipinski definition) is 6. The SMILES string of the molecule is COCc1nc(C(=O)NCc2cccc(N3CCOC3=O)c2)cs1. The van der Waals surface area contributed by atoms with Crippen LogP contribution in [0.1, 0.15) is 21.1 Å². The van der Waals surface area contributed by atoms with Gasteiger partial charge in [-0.2, -0.15) is 0 Å². The van der Waals surface area contributed by atoms with Gasteiger partial charge in [-0.1, -0.05) is 12.1 Å². The highest BCUT2D eigenvalue weighted by Gasteiger charge is 2.23. The van der Waals surface area contributed by atoms with Crippen LogP contribution < -0.4 is 10.2 Å². The van der Waals surface area contributed by atoms with Gasteiger partial charge < -0.3 is 14.8 Å². The Balaban J connectivity index is 1.61. The van der Waals surface area contributed by atoms with Gasteiger partial charge in [0.2, 0.25) is 0 Å². The molecule has 8 heteroatoms. The second-order valence-electron chi connectivity index (χ2n) is 5.18. The minimum Gasteiger partial charge on any atom is -0.447 e. The number of aromatic nitrogens is 1. The first-order chi connectivity index (χ1) is 11.7. The second-order valence-corrected chi connectivity index (χ2v) is 6.12. The zero-order chi connectivity index (χ0) is 16.9. The first kappa shape index (κ1) is 16.4. The molecule has 2 amide bonds. The molecule has 7 nitrogen and oxygen atoms in total. The molecule has 24 heavy (non-hydrogen) atoms. The number of methoxy groups -OCH3 is 1. The van der Waals surface area contributed by atoms with Gasteiger partial charge in [0.15, 0.2) is 0 Å². The normalized spacial score (nSPS) is 13.9. The van der Waals surface area contributed by atoms with E-state index in [1.807, 2.05) is 24.3 Å². The molecule has 1 saturated heterocycles. The Morgan fingerprint density at radius 1 is 1.50 bits per heavy atom. The number of carbonyl (C=O) groups is 2. The largest absolute Gasteiger partial charge is 0.447 e. The van der Waals surface area contributed by atoms with Crippen molar-refractivity contribution in [1.82, 2.24) is 10.3 Å². The Kier molecular flexibility index (Phi) is 5.07. The van der Waals surface area contributed by atoms with Gasteiger partial charge in [0.25, 0.3) is 5.91 Å². The van der Waals surface area contributed by atoms with Crippen molar-refractivity contribution in [2.24, 2.45) is 0 Å². The van der Waals surface area contributed by atoms with Crippen molar-refractivity contribution >= 4 is 29.0 Å². The lowest BCUT2D eigenvalue weighted by Crippen LogP contribution is -2.25. The molecule has 126 valence electrons. The first-order valence-electron chi connectivity index (χ1n) is 7.42. The summed E-state index contributed by atoms with van der Waals surface area (Å²) in [5.74, 6) is -0.236. The van der Waals surface area contributed by atoms with Gasteiger partial charge in [0.1, 0.15) is 17.3 Å². The number of hydrogen-bond donors (Lipinski definition) is 1. The summed E-state index contributed by atoms with van der Waals surface area (Å²) in [6.45, 7) is 1.68. The number of rotatable bonds is 6. The Morgan fingerprint density at radius 3 is 3.12 bits per heavy atom. The molecular weight excluding hydrogens is 330 g/mol. The van der Waals surface area contributed by atoms with E-state index in [9.17, 15) is 9.59 Å². The lowest BCUT2D eigenvalue weighted by Gasteiger charge is -2.14. The molecule has 2 aromatic rings. The van der Waals surface area contributed by atoms with Crippen molar-refractivity contribution in [1.29, 1.82) is 0 Å². The van der Waals surface area contributed by atoms with Crippen molar-refractivity contribution in [3.63, 3.8) is 0 Å². The van der Waals surface area contributed by atoms with Crippen LogP contribution in [-0.2, 0) is 22.6 Å². The van der Waals surface area contributed by atoms with Crippen LogP contribution in [-0.4, -0.2) is 37.2 Å². The monoisotopic (exact) mass is 347 g/mol. The van der Waals surface area contributed by atoms with Crippen molar-refractivity contribution in [3.05, 3.63) is 45.9 Å². The lowest BCUT2D eigenvalue weighted by atomic mass is 10.2. The highest BCUT2D eigenvalue weighted by atomic mass is 32.1. The van der Waals surface area contributed by atoms with Crippen molar-refractivity contribution in [2.75, 3.05) is 25.2 Å².